The lowest BCUT2D eigenvalue weighted by atomic mass is 10.1. The Kier molecular flexibility index (Phi) is 4.75. The lowest BCUT2D eigenvalue weighted by molar-refractivity contribution is -0.118. The molecule has 2 N–H and O–H groups in total. The number of benzene rings is 2. The van der Waals surface area contributed by atoms with Crippen LogP contribution < -0.4 is 10.2 Å². The lowest BCUT2D eigenvalue weighted by Gasteiger charge is -2.17. The molecule has 3 rings (SSSR count). The molecule has 1 heterocycles. The highest BCUT2D eigenvalue weighted by Gasteiger charge is 2.33. The van der Waals surface area contributed by atoms with Gasteiger partial charge in [0.05, 0.1) is 5.56 Å². The molecule has 1 saturated heterocycles. The van der Waals surface area contributed by atoms with Gasteiger partial charge in [0.25, 0.3) is 5.91 Å². The second kappa shape index (κ2) is 7.00. The minimum Gasteiger partial charge on any atom is -0.478 e. The summed E-state index contributed by atoms with van der Waals surface area (Å²) in [4.78, 5) is 37.9. The summed E-state index contributed by atoms with van der Waals surface area (Å²) in [5, 5.41) is 11.9. The van der Waals surface area contributed by atoms with Crippen molar-refractivity contribution in [3.8, 4) is 0 Å². The van der Waals surface area contributed by atoms with Crippen molar-refractivity contribution in [3.05, 3.63) is 64.7 Å². The first-order valence-corrected chi connectivity index (χ1v) is 8.39. The molecule has 1 atom stereocenters. The van der Waals surface area contributed by atoms with E-state index in [1.54, 1.807) is 17.9 Å². The second-order valence-corrected chi connectivity index (χ2v) is 6.53. The molecule has 0 radical (unpaired) electrons. The number of nitrogens with one attached hydrogen (secondary N) is 1. The number of carbonyl (C=O) groups is 3. The third-order valence-electron chi connectivity index (χ3n) is 4.44. The number of nitrogens with zero attached hydrogens (tertiary/aromatic N) is 1. The molecule has 0 bridgehead atoms. The fourth-order valence-corrected chi connectivity index (χ4v) is 3.07. The highest BCUT2D eigenvalue weighted by atomic mass is 16.4. The first-order valence-electron chi connectivity index (χ1n) is 8.39. The van der Waals surface area contributed by atoms with E-state index in [2.05, 4.69) is 5.32 Å². The summed E-state index contributed by atoms with van der Waals surface area (Å²) >= 11 is 0. The number of carboxylic acids is 1. The maximum absolute atomic E-state index is 12.6. The van der Waals surface area contributed by atoms with Crippen molar-refractivity contribution in [3.63, 3.8) is 0 Å². The van der Waals surface area contributed by atoms with Gasteiger partial charge in [0.15, 0.2) is 0 Å². The molecule has 1 fully saturated rings. The molecule has 1 aliphatic rings. The van der Waals surface area contributed by atoms with Crippen LogP contribution in [0, 0.1) is 13.8 Å². The summed E-state index contributed by atoms with van der Waals surface area (Å²) in [6.45, 7) is 4.23. The molecule has 1 aliphatic heterocycles. The molecular weight excluding hydrogens is 332 g/mol. The quantitative estimate of drug-likeness (QED) is 0.885. The Morgan fingerprint density at radius 2 is 1.69 bits per heavy atom. The number of carboxylic acid groups (broad SMARTS) is 1. The minimum absolute atomic E-state index is 0.0502. The SMILES string of the molecule is Cc1ccc(N2CCC(NC(=O)c3cc(C)cc(C(=O)O)c3)C2=O)cc1. The van der Waals surface area contributed by atoms with Gasteiger partial charge >= 0.3 is 5.97 Å². The molecule has 2 aromatic carbocycles. The van der Waals surface area contributed by atoms with Gasteiger partial charge in [-0.05, 0) is 56.2 Å². The van der Waals surface area contributed by atoms with E-state index in [0.717, 1.165) is 11.3 Å². The summed E-state index contributed by atoms with van der Waals surface area (Å²) < 4.78 is 0. The van der Waals surface area contributed by atoms with Crippen LogP contribution in [0.4, 0.5) is 5.69 Å². The van der Waals surface area contributed by atoms with Gasteiger partial charge in [0, 0.05) is 17.8 Å². The average molecular weight is 352 g/mol. The van der Waals surface area contributed by atoms with E-state index in [-0.39, 0.29) is 17.0 Å². The van der Waals surface area contributed by atoms with Crippen LogP contribution in [0.3, 0.4) is 0 Å². The Bertz CT molecular complexity index is 874. The Hall–Kier alpha value is -3.15. The third kappa shape index (κ3) is 3.59. The van der Waals surface area contributed by atoms with Crippen LogP contribution in [0.2, 0.25) is 0 Å². The highest BCUT2D eigenvalue weighted by Crippen LogP contribution is 2.22. The van der Waals surface area contributed by atoms with E-state index in [0.29, 0.717) is 18.5 Å². The van der Waals surface area contributed by atoms with Crippen LogP contribution in [-0.4, -0.2) is 35.5 Å². The van der Waals surface area contributed by atoms with E-state index in [4.69, 9.17) is 5.11 Å². The number of aryl methyl sites for hydroxylation is 2. The molecule has 26 heavy (non-hydrogen) atoms. The summed E-state index contributed by atoms with van der Waals surface area (Å²) in [6, 6.07) is 11.5. The normalized spacial score (nSPS) is 16.6. The number of anilines is 1. The van der Waals surface area contributed by atoms with Crippen LogP contribution in [0.5, 0.6) is 0 Å². The molecule has 0 aromatic heterocycles. The van der Waals surface area contributed by atoms with Crippen molar-refractivity contribution in [1.29, 1.82) is 0 Å². The molecule has 0 aliphatic carbocycles. The van der Waals surface area contributed by atoms with Crippen molar-refractivity contribution in [1.82, 2.24) is 5.32 Å². The average Bonchev–Trinajstić information content (AvgIpc) is 2.95. The number of hydrogen-bond acceptors (Lipinski definition) is 3. The lowest BCUT2D eigenvalue weighted by Crippen LogP contribution is -2.41. The van der Waals surface area contributed by atoms with Gasteiger partial charge in [-0.3, -0.25) is 9.59 Å². The zero-order chi connectivity index (χ0) is 18.8. The van der Waals surface area contributed by atoms with E-state index in [1.807, 2.05) is 31.2 Å². The number of aromatic carboxylic acids is 1. The fourth-order valence-electron chi connectivity index (χ4n) is 3.07. The van der Waals surface area contributed by atoms with Crippen LogP contribution in [0.1, 0.15) is 38.3 Å². The van der Waals surface area contributed by atoms with Crippen molar-refractivity contribution in [2.45, 2.75) is 26.3 Å². The van der Waals surface area contributed by atoms with Gasteiger partial charge in [0.1, 0.15) is 6.04 Å². The van der Waals surface area contributed by atoms with E-state index in [9.17, 15) is 14.4 Å². The number of rotatable bonds is 4. The summed E-state index contributed by atoms with van der Waals surface area (Å²) in [7, 11) is 0. The van der Waals surface area contributed by atoms with E-state index in [1.165, 1.54) is 12.1 Å². The van der Waals surface area contributed by atoms with Crippen LogP contribution in [0.25, 0.3) is 0 Å². The molecule has 0 saturated carbocycles. The molecule has 0 spiro atoms. The number of hydrogen-bond donors (Lipinski definition) is 2. The maximum atomic E-state index is 12.6. The van der Waals surface area contributed by atoms with Crippen molar-refractivity contribution in [2.75, 3.05) is 11.4 Å². The summed E-state index contributed by atoms with van der Waals surface area (Å²) in [6.07, 6.45) is 0.510. The third-order valence-corrected chi connectivity index (χ3v) is 4.44. The van der Waals surface area contributed by atoms with Gasteiger partial charge in [-0.15, -0.1) is 0 Å². The minimum atomic E-state index is -1.09. The summed E-state index contributed by atoms with van der Waals surface area (Å²) in [5.41, 5.74) is 2.88. The topological polar surface area (TPSA) is 86.7 Å². The molecule has 2 aromatic rings. The molecule has 2 amide bonds. The van der Waals surface area contributed by atoms with Crippen LogP contribution in [0.15, 0.2) is 42.5 Å². The molecule has 1 unspecified atom stereocenters. The van der Waals surface area contributed by atoms with Crippen molar-refractivity contribution < 1.29 is 19.5 Å². The Balaban J connectivity index is 1.73. The molecule has 134 valence electrons. The van der Waals surface area contributed by atoms with Gasteiger partial charge in [-0.25, -0.2) is 4.79 Å². The Morgan fingerprint density at radius 3 is 2.35 bits per heavy atom. The van der Waals surface area contributed by atoms with E-state index >= 15 is 0 Å². The van der Waals surface area contributed by atoms with Gasteiger partial charge in [0.2, 0.25) is 5.91 Å². The Labute approximate surface area is 151 Å². The number of carbonyl (C=O) groups excluding carboxylic acids is 2. The van der Waals surface area contributed by atoms with Gasteiger partial charge in [-0.1, -0.05) is 17.7 Å². The molecular formula is C20H20N2O4. The van der Waals surface area contributed by atoms with Gasteiger partial charge in [-0.2, -0.15) is 0 Å². The predicted octanol–water partition coefficient (Wildman–Crippen LogP) is 2.54. The van der Waals surface area contributed by atoms with Crippen LogP contribution in [-0.2, 0) is 4.79 Å². The standard InChI is InChI=1S/C20H20N2O4/c1-12-3-5-16(6-4-12)22-8-7-17(19(22)24)21-18(23)14-9-13(2)10-15(11-14)20(25)26/h3-6,9-11,17H,7-8H2,1-2H3,(H,21,23)(H,25,26). The first kappa shape index (κ1) is 17.7. The molecule has 6 heteroatoms. The zero-order valence-corrected chi connectivity index (χ0v) is 14.7. The second-order valence-electron chi connectivity index (χ2n) is 6.53. The first-order chi connectivity index (χ1) is 12.3. The van der Waals surface area contributed by atoms with Crippen LogP contribution >= 0.6 is 0 Å². The predicted molar refractivity (Wildman–Crippen MR) is 97.5 cm³/mol. The van der Waals surface area contributed by atoms with Crippen molar-refractivity contribution >= 4 is 23.5 Å². The zero-order valence-electron chi connectivity index (χ0n) is 14.7. The van der Waals surface area contributed by atoms with Gasteiger partial charge < -0.3 is 15.3 Å². The highest BCUT2D eigenvalue weighted by molar-refractivity contribution is 6.04. The Morgan fingerprint density at radius 1 is 1.04 bits per heavy atom. The molecule has 6 nitrogen and oxygen atoms in total. The number of amides is 2. The largest absolute Gasteiger partial charge is 0.478 e. The smallest absolute Gasteiger partial charge is 0.335 e. The van der Waals surface area contributed by atoms with E-state index < -0.39 is 17.9 Å². The van der Waals surface area contributed by atoms with Crippen molar-refractivity contribution in [2.24, 2.45) is 0 Å². The monoisotopic (exact) mass is 352 g/mol. The summed E-state index contributed by atoms with van der Waals surface area (Å²) in [5.74, 6) is -1.70. The fraction of sp³-hybridized carbons (Fsp3) is 0.250. The maximum Gasteiger partial charge on any atom is 0.335 e.